The van der Waals surface area contributed by atoms with Crippen molar-refractivity contribution in [3.8, 4) is 0 Å². The zero-order chi connectivity index (χ0) is 25.3. The fraction of sp³-hybridized carbons (Fsp3) is 0.333. The van der Waals surface area contributed by atoms with Gasteiger partial charge >= 0.3 is 0 Å². The molecule has 36 heavy (non-hydrogen) atoms. The van der Waals surface area contributed by atoms with Gasteiger partial charge < -0.3 is 10.6 Å². The van der Waals surface area contributed by atoms with Crippen LogP contribution in [0.2, 0.25) is 0 Å². The number of fused-ring (bicyclic) bond motifs is 1. The third-order valence-corrected chi connectivity index (χ3v) is 6.08. The van der Waals surface area contributed by atoms with E-state index in [0.717, 1.165) is 5.69 Å². The van der Waals surface area contributed by atoms with Crippen LogP contribution < -0.4 is 10.6 Å². The Morgan fingerprint density at radius 2 is 1.94 bits per heavy atom. The average molecular weight is 499 g/mol. The van der Waals surface area contributed by atoms with E-state index in [1.807, 2.05) is 25.1 Å². The third kappa shape index (κ3) is 5.33. The zero-order valence-corrected chi connectivity index (χ0v) is 19.5. The van der Waals surface area contributed by atoms with Crippen LogP contribution in [-0.2, 0) is 4.79 Å². The number of aromatic nitrogens is 5. The number of aromatic amines is 1. The number of aryl methyl sites for hydroxylation is 1. The molecular weight excluding hydrogens is 473 g/mol. The van der Waals surface area contributed by atoms with Crippen LogP contribution >= 0.6 is 0 Å². The van der Waals surface area contributed by atoms with Gasteiger partial charge in [-0.25, -0.2) is 22.7 Å². The SMILES string of the molecule is Cc1cc(Nc2nc(C(NC(=O)CN3CCC(F)(F)CC3)c3ccc(F)cc3)nn3cccc23)n[nH]1. The van der Waals surface area contributed by atoms with Crippen molar-refractivity contribution in [2.45, 2.75) is 31.7 Å². The van der Waals surface area contributed by atoms with Gasteiger partial charge in [-0.05, 0) is 36.8 Å². The molecule has 0 saturated carbocycles. The molecule has 1 aromatic carbocycles. The molecule has 1 atom stereocenters. The maximum absolute atomic E-state index is 13.7. The second-order valence-corrected chi connectivity index (χ2v) is 8.90. The zero-order valence-electron chi connectivity index (χ0n) is 19.5. The number of amides is 1. The fourth-order valence-electron chi connectivity index (χ4n) is 4.17. The first-order chi connectivity index (χ1) is 17.3. The number of H-pyrrole nitrogens is 1. The number of benzene rings is 1. The molecule has 9 nitrogen and oxygen atoms in total. The molecule has 5 rings (SSSR count). The van der Waals surface area contributed by atoms with Crippen molar-refractivity contribution in [3.05, 3.63) is 71.6 Å². The molecule has 3 N–H and O–H groups in total. The summed E-state index contributed by atoms with van der Waals surface area (Å²) in [5.74, 6) is -2.20. The van der Waals surface area contributed by atoms with E-state index in [-0.39, 0.29) is 44.2 Å². The Labute approximate surface area is 204 Å². The van der Waals surface area contributed by atoms with E-state index < -0.39 is 17.8 Å². The smallest absolute Gasteiger partial charge is 0.250 e. The third-order valence-electron chi connectivity index (χ3n) is 6.08. The minimum atomic E-state index is -2.69. The van der Waals surface area contributed by atoms with Gasteiger partial charge in [0.05, 0.1) is 6.54 Å². The Morgan fingerprint density at radius 1 is 1.19 bits per heavy atom. The van der Waals surface area contributed by atoms with Crippen molar-refractivity contribution in [2.75, 3.05) is 25.0 Å². The van der Waals surface area contributed by atoms with Crippen molar-refractivity contribution in [3.63, 3.8) is 0 Å². The van der Waals surface area contributed by atoms with E-state index >= 15 is 0 Å². The molecule has 0 radical (unpaired) electrons. The summed E-state index contributed by atoms with van der Waals surface area (Å²) < 4.78 is 42.3. The first kappa shape index (κ1) is 23.8. The van der Waals surface area contributed by atoms with E-state index in [4.69, 9.17) is 0 Å². The predicted molar refractivity (Wildman–Crippen MR) is 127 cm³/mol. The van der Waals surface area contributed by atoms with Gasteiger partial charge in [-0.2, -0.15) is 5.10 Å². The highest BCUT2D eigenvalue weighted by Gasteiger charge is 2.34. The molecule has 1 amide bonds. The van der Waals surface area contributed by atoms with Gasteiger partial charge in [0, 0.05) is 43.9 Å². The van der Waals surface area contributed by atoms with Gasteiger partial charge in [0.15, 0.2) is 17.5 Å². The number of likely N-dealkylation sites (tertiary alicyclic amines) is 1. The summed E-state index contributed by atoms with van der Waals surface area (Å²) in [6.45, 7) is 2.09. The molecule has 1 fully saturated rings. The highest BCUT2D eigenvalue weighted by molar-refractivity contribution is 5.79. The van der Waals surface area contributed by atoms with Crippen molar-refractivity contribution in [1.82, 2.24) is 35.0 Å². The molecule has 12 heteroatoms. The van der Waals surface area contributed by atoms with Crippen molar-refractivity contribution in [1.29, 1.82) is 0 Å². The number of halogens is 3. The fourth-order valence-corrected chi connectivity index (χ4v) is 4.17. The summed E-state index contributed by atoms with van der Waals surface area (Å²) in [7, 11) is 0. The molecule has 1 unspecified atom stereocenters. The average Bonchev–Trinajstić information content (AvgIpc) is 3.48. The highest BCUT2D eigenvalue weighted by atomic mass is 19.3. The lowest BCUT2D eigenvalue weighted by Crippen LogP contribution is -2.45. The molecule has 1 aliphatic heterocycles. The highest BCUT2D eigenvalue weighted by Crippen LogP contribution is 2.28. The van der Waals surface area contributed by atoms with E-state index in [9.17, 15) is 18.0 Å². The van der Waals surface area contributed by atoms with Crippen LogP contribution in [0.4, 0.5) is 24.8 Å². The maximum atomic E-state index is 13.7. The van der Waals surface area contributed by atoms with Crippen LogP contribution in [0, 0.1) is 12.7 Å². The number of anilines is 2. The standard InChI is InChI=1S/C24H25F3N8O/c1-15-13-19(32-31-15)28-22-18-3-2-10-35(18)33-23(30-22)21(16-4-6-17(25)7-5-16)29-20(36)14-34-11-8-24(26,27)9-12-34/h2-7,10,13,21H,8-9,11-12,14H2,1H3,(H,29,36)(H2,28,30,31,32,33). The molecular formula is C24H25F3N8O. The first-order valence-electron chi connectivity index (χ1n) is 11.6. The van der Waals surface area contributed by atoms with Crippen LogP contribution in [0.15, 0.2) is 48.7 Å². The number of hydrogen-bond donors (Lipinski definition) is 3. The van der Waals surface area contributed by atoms with E-state index in [2.05, 4.69) is 30.9 Å². The number of nitrogens with one attached hydrogen (secondary N) is 3. The Bertz CT molecular complexity index is 1360. The van der Waals surface area contributed by atoms with Crippen molar-refractivity contribution >= 4 is 23.1 Å². The van der Waals surface area contributed by atoms with Gasteiger partial charge in [-0.15, -0.1) is 5.10 Å². The number of carbonyl (C=O) groups excluding carboxylic acids is 1. The number of alkyl halides is 2. The molecule has 188 valence electrons. The number of rotatable bonds is 7. The summed E-state index contributed by atoms with van der Waals surface area (Å²) in [4.78, 5) is 19.4. The normalized spacial score (nSPS) is 16.7. The minimum absolute atomic E-state index is 0.0445. The Morgan fingerprint density at radius 3 is 2.64 bits per heavy atom. The van der Waals surface area contributed by atoms with Gasteiger partial charge in [-0.3, -0.25) is 14.8 Å². The van der Waals surface area contributed by atoms with Crippen LogP contribution in [0.3, 0.4) is 0 Å². The van der Waals surface area contributed by atoms with Crippen molar-refractivity contribution < 1.29 is 18.0 Å². The number of piperidine rings is 1. The number of hydrogen-bond acceptors (Lipinski definition) is 6. The van der Waals surface area contributed by atoms with E-state index in [1.165, 1.54) is 12.1 Å². The second kappa shape index (κ2) is 9.61. The van der Waals surface area contributed by atoms with Crippen LogP contribution in [-0.4, -0.2) is 61.2 Å². The van der Waals surface area contributed by atoms with Crippen molar-refractivity contribution in [2.24, 2.45) is 0 Å². The van der Waals surface area contributed by atoms with E-state index in [0.29, 0.717) is 22.7 Å². The molecule has 4 aromatic rings. The molecule has 0 bridgehead atoms. The van der Waals surface area contributed by atoms with Gasteiger partial charge in [0.25, 0.3) is 5.92 Å². The second-order valence-electron chi connectivity index (χ2n) is 8.90. The van der Waals surface area contributed by atoms with Gasteiger partial charge in [0.1, 0.15) is 17.4 Å². The summed E-state index contributed by atoms with van der Waals surface area (Å²) >= 11 is 0. The predicted octanol–water partition coefficient (Wildman–Crippen LogP) is 3.58. The maximum Gasteiger partial charge on any atom is 0.250 e. The lowest BCUT2D eigenvalue weighted by atomic mass is 10.1. The molecule has 0 spiro atoms. The van der Waals surface area contributed by atoms with Crippen LogP contribution in [0.5, 0.6) is 0 Å². The molecule has 1 saturated heterocycles. The largest absolute Gasteiger partial charge is 0.341 e. The molecule has 3 aromatic heterocycles. The Hall–Kier alpha value is -3.93. The van der Waals surface area contributed by atoms with Crippen LogP contribution in [0.1, 0.15) is 36.0 Å². The number of carbonyl (C=O) groups is 1. The molecule has 0 aliphatic carbocycles. The summed E-state index contributed by atoms with van der Waals surface area (Å²) in [5, 5.41) is 17.7. The molecule has 4 heterocycles. The van der Waals surface area contributed by atoms with Gasteiger partial charge in [0.2, 0.25) is 5.91 Å². The first-order valence-corrected chi connectivity index (χ1v) is 11.6. The Balaban J connectivity index is 1.45. The topological polar surface area (TPSA) is 103 Å². The summed E-state index contributed by atoms with van der Waals surface area (Å²) in [5.41, 5.74) is 2.13. The number of nitrogens with zero attached hydrogens (tertiary/aromatic N) is 5. The summed E-state index contributed by atoms with van der Waals surface area (Å²) in [6, 6.07) is 10.3. The summed E-state index contributed by atoms with van der Waals surface area (Å²) in [6.07, 6.45) is 1.19. The minimum Gasteiger partial charge on any atom is -0.341 e. The Kier molecular flexibility index (Phi) is 6.35. The lowest BCUT2D eigenvalue weighted by molar-refractivity contribution is -0.124. The monoisotopic (exact) mass is 498 g/mol. The molecule has 1 aliphatic rings. The van der Waals surface area contributed by atoms with E-state index in [1.54, 1.807) is 27.7 Å². The van der Waals surface area contributed by atoms with Gasteiger partial charge in [-0.1, -0.05) is 12.1 Å². The van der Waals surface area contributed by atoms with Crippen LogP contribution in [0.25, 0.3) is 5.52 Å². The quantitative estimate of drug-likeness (QED) is 0.360. The lowest BCUT2D eigenvalue weighted by Gasteiger charge is -2.31.